The highest BCUT2D eigenvalue weighted by Crippen LogP contribution is 2.39. The Labute approximate surface area is 127 Å². The topological polar surface area (TPSA) is 38.1 Å². The molecule has 0 spiro atoms. The minimum atomic E-state index is 0.226. The van der Waals surface area contributed by atoms with Crippen molar-refractivity contribution < 1.29 is 4.79 Å². The van der Waals surface area contributed by atoms with Gasteiger partial charge in [-0.3, -0.25) is 9.69 Å². The van der Waals surface area contributed by atoms with Crippen molar-refractivity contribution in [2.75, 3.05) is 13.1 Å². The third-order valence-corrected chi connectivity index (χ3v) is 5.29. The third kappa shape index (κ3) is 3.20. The lowest BCUT2D eigenvalue weighted by atomic mass is 9.68. The summed E-state index contributed by atoms with van der Waals surface area (Å²) in [5.41, 5.74) is 0.317. The standard InChI is InChI=1S/C17H27N3O/c1-17(2,3)14-4-5-15(21)13(10-14)11-19-8-9-20-7-6-18-16(20)12-19/h6-7,13-14H,4-5,8-12H2,1-3H3. The molecule has 0 N–H and O–H groups in total. The van der Waals surface area contributed by atoms with Crippen molar-refractivity contribution in [3.63, 3.8) is 0 Å². The number of hydrogen-bond acceptors (Lipinski definition) is 3. The average molecular weight is 289 g/mol. The second kappa shape index (κ2) is 5.56. The molecule has 2 heterocycles. The molecule has 0 bridgehead atoms. The van der Waals surface area contributed by atoms with Crippen molar-refractivity contribution in [2.45, 2.75) is 53.1 Å². The number of nitrogens with zero attached hydrogens (tertiary/aromatic N) is 3. The third-order valence-electron chi connectivity index (χ3n) is 5.29. The van der Waals surface area contributed by atoms with E-state index in [4.69, 9.17) is 0 Å². The highest BCUT2D eigenvalue weighted by Gasteiger charge is 2.35. The number of fused-ring (bicyclic) bond motifs is 1. The van der Waals surface area contributed by atoms with E-state index >= 15 is 0 Å². The van der Waals surface area contributed by atoms with E-state index in [-0.39, 0.29) is 5.92 Å². The fraction of sp³-hybridized carbons (Fsp3) is 0.765. The lowest BCUT2D eigenvalue weighted by Gasteiger charge is -2.39. The van der Waals surface area contributed by atoms with Gasteiger partial charge in [-0.05, 0) is 24.2 Å². The molecular formula is C17H27N3O. The van der Waals surface area contributed by atoms with E-state index in [1.807, 2.05) is 12.4 Å². The van der Waals surface area contributed by atoms with Gasteiger partial charge >= 0.3 is 0 Å². The van der Waals surface area contributed by atoms with Crippen molar-refractivity contribution in [3.05, 3.63) is 18.2 Å². The summed E-state index contributed by atoms with van der Waals surface area (Å²) in [5.74, 6) is 2.51. The molecule has 0 aromatic carbocycles. The van der Waals surface area contributed by atoms with Crippen LogP contribution in [0.25, 0.3) is 0 Å². The Balaban J connectivity index is 1.63. The summed E-state index contributed by atoms with van der Waals surface area (Å²) >= 11 is 0. The largest absolute Gasteiger partial charge is 0.333 e. The lowest BCUT2D eigenvalue weighted by molar-refractivity contribution is -0.127. The van der Waals surface area contributed by atoms with Crippen LogP contribution in [0.1, 0.15) is 45.9 Å². The minimum absolute atomic E-state index is 0.226. The molecule has 1 aliphatic heterocycles. The maximum atomic E-state index is 12.3. The summed E-state index contributed by atoms with van der Waals surface area (Å²) in [6.45, 7) is 10.8. The highest BCUT2D eigenvalue weighted by atomic mass is 16.1. The monoisotopic (exact) mass is 289 g/mol. The van der Waals surface area contributed by atoms with Gasteiger partial charge in [0.25, 0.3) is 0 Å². The number of imidazole rings is 1. The van der Waals surface area contributed by atoms with Crippen molar-refractivity contribution >= 4 is 5.78 Å². The lowest BCUT2D eigenvalue weighted by Crippen LogP contribution is -2.42. The van der Waals surface area contributed by atoms with E-state index in [2.05, 4.69) is 35.2 Å². The molecule has 0 saturated heterocycles. The molecule has 4 nitrogen and oxygen atoms in total. The number of ketones is 1. The molecule has 3 rings (SSSR count). The Kier molecular flexibility index (Phi) is 3.91. The molecular weight excluding hydrogens is 262 g/mol. The molecule has 1 saturated carbocycles. The van der Waals surface area contributed by atoms with Crippen LogP contribution in [-0.2, 0) is 17.9 Å². The zero-order chi connectivity index (χ0) is 15.0. The number of carbonyl (C=O) groups is 1. The quantitative estimate of drug-likeness (QED) is 0.840. The maximum Gasteiger partial charge on any atom is 0.137 e. The molecule has 1 fully saturated rings. The summed E-state index contributed by atoms with van der Waals surface area (Å²) in [5, 5.41) is 0. The fourth-order valence-corrected chi connectivity index (χ4v) is 3.77. The van der Waals surface area contributed by atoms with Crippen LogP contribution in [-0.4, -0.2) is 33.3 Å². The van der Waals surface area contributed by atoms with E-state index in [1.165, 1.54) is 0 Å². The van der Waals surface area contributed by atoms with Crippen molar-refractivity contribution in [1.82, 2.24) is 14.5 Å². The molecule has 2 aliphatic rings. The van der Waals surface area contributed by atoms with E-state index < -0.39 is 0 Å². The van der Waals surface area contributed by atoms with Gasteiger partial charge in [-0.25, -0.2) is 4.98 Å². The van der Waals surface area contributed by atoms with Crippen LogP contribution in [0.2, 0.25) is 0 Å². The maximum absolute atomic E-state index is 12.3. The van der Waals surface area contributed by atoms with Crippen LogP contribution in [0, 0.1) is 17.3 Å². The summed E-state index contributed by atoms with van der Waals surface area (Å²) in [6.07, 6.45) is 6.83. The first-order valence-electron chi connectivity index (χ1n) is 8.18. The first-order chi connectivity index (χ1) is 9.93. The SMILES string of the molecule is CC(C)(C)C1CCC(=O)C(CN2CCn3ccnc3C2)C1. The van der Waals surface area contributed by atoms with Crippen molar-refractivity contribution in [1.29, 1.82) is 0 Å². The summed E-state index contributed by atoms with van der Waals surface area (Å²) in [6, 6.07) is 0. The van der Waals surface area contributed by atoms with Gasteiger partial charge < -0.3 is 4.57 Å². The van der Waals surface area contributed by atoms with E-state index in [0.717, 1.165) is 51.3 Å². The molecule has 1 aromatic heterocycles. The van der Waals surface area contributed by atoms with Gasteiger partial charge in [-0.2, -0.15) is 0 Å². The van der Waals surface area contributed by atoms with Gasteiger partial charge in [0.15, 0.2) is 0 Å². The molecule has 4 heteroatoms. The molecule has 116 valence electrons. The summed E-state index contributed by atoms with van der Waals surface area (Å²) in [7, 11) is 0. The van der Waals surface area contributed by atoms with Crippen LogP contribution in [0.5, 0.6) is 0 Å². The van der Waals surface area contributed by atoms with Crippen LogP contribution >= 0.6 is 0 Å². The minimum Gasteiger partial charge on any atom is -0.333 e. The van der Waals surface area contributed by atoms with E-state index in [1.54, 1.807) is 0 Å². The molecule has 0 radical (unpaired) electrons. The van der Waals surface area contributed by atoms with Gasteiger partial charge in [0.2, 0.25) is 0 Å². The summed E-state index contributed by atoms with van der Waals surface area (Å²) < 4.78 is 2.22. The predicted molar refractivity (Wildman–Crippen MR) is 82.8 cm³/mol. The van der Waals surface area contributed by atoms with Gasteiger partial charge in [-0.15, -0.1) is 0 Å². The first kappa shape index (κ1) is 14.8. The van der Waals surface area contributed by atoms with Crippen LogP contribution in [0.4, 0.5) is 0 Å². The van der Waals surface area contributed by atoms with E-state index in [9.17, 15) is 4.79 Å². The second-order valence-electron chi connectivity index (χ2n) is 7.77. The second-order valence-corrected chi connectivity index (χ2v) is 7.77. The number of aromatic nitrogens is 2. The number of hydrogen-bond donors (Lipinski definition) is 0. The Hall–Kier alpha value is -1.16. The smallest absolute Gasteiger partial charge is 0.137 e. The normalized spacial score (nSPS) is 27.7. The molecule has 1 aromatic rings. The molecule has 21 heavy (non-hydrogen) atoms. The Morgan fingerprint density at radius 1 is 1.33 bits per heavy atom. The Morgan fingerprint density at radius 3 is 2.90 bits per heavy atom. The van der Waals surface area contributed by atoms with Crippen LogP contribution < -0.4 is 0 Å². The van der Waals surface area contributed by atoms with Crippen molar-refractivity contribution in [3.8, 4) is 0 Å². The molecule has 1 aliphatic carbocycles. The van der Waals surface area contributed by atoms with Gasteiger partial charge in [0, 0.05) is 44.4 Å². The Morgan fingerprint density at radius 2 is 2.14 bits per heavy atom. The predicted octanol–water partition coefficient (Wildman–Crippen LogP) is 2.73. The van der Waals surface area contributed by atoms with Crippen LogP contribution in [0.3, 0.4) is 0 Å². The Bertz CT molecular complexity index is 514. The summed E-state index contributed by atoms with van der Waals surface area (Å²) in [4.78, 5) is 19.1. The zero-order valence-electron chi connectivity index (χ0n) is 13.5. The van der Waals surface area contributed by atoms with E-state index in [0.29, 0.717) is 17.1 Å². The zero-order valence-corrected chi connectivity index (χ0v) is 13.5. The van der Waals surface area contributed by atoms with Gasteiger partial charge in [-0.1, -0.05) is 20.8 Å². The highest BCUT2D eigenvalue weighted by molar-refractivity contribution is 5.82. The fourth-order valence-electron chi connectivity index (χ4n) is 3.77. The number of carbonyl (C=O) groups excluding carboxylic acids is 1. The number of rotatable bonds is 2. The first-order valence-corrected chi connectivity index (χ1v) is 8.18. The molecule has 0 amide bonds. The molecule has 2 atom stereocenters. The van der Waals surface area contributed by atoms with Gasteiger partial charge in [0.05, 0.1) is 6.54 Å². The van der Waals surface area contributed by atoms with Crippen LogP contribution in [0.15, 0.2) is 12.4 Å². The molecule has 2 unspecified atom stereocenters. The van der Waals surface area contributed by atoms with Gasteiger partial charge in [0.1, 0.15) is 11.6 Å². The van der Waals surface area contributed by atoms with Crippen molar-refractivity contribution in [2.24, 2.45) is 17.3 Å². The number of Topliss-reactive ketones (excluding diaryl/α,β-unsaturated/α-hetero) is 1. The average Bonchev–Trinajstić information content (AvgIpc) is 2.87.